The fraction of sp³-hybridized carbons (Fsp3) is 0.750. The predicted octanol–water partition coefficient (Wildman–Crippen LogP) is 1.37. The number of carboxylic acid groups (broad SMARTS) is 2. The molecular weight excluding hydrogens is 279 g/mol. The van der Waals surface area contributed by atoms with Crippen LogP contribution in [-0.4, -0.2) is 22.2 Å². The number of allylic oxidation sites excluding steroid dienone is 1. The van der Waals surface area contributed by atoms with Crippen molar-refractivity contribution in [2.24, 2.45) is 5.92 Å². The van der Waals surface area contributed by atoms with Gasteiger partial charge < -0.3 is 11.6 Å². The first-order valence-corrected chi connectivity index (χ1v) is 7.69. The Kier molecular flexibility index (Phi) is 17.6. The van der Waals surface area contributed by atoms with E-state index in [4.69, 9.17) is 10.2 Å². The van der Waals surface area contributed by atoms with E-state index < -0.39 is 17.9 Å². The summed E-state index contributed by atoms with van der Waals surface area (Å²) in [6, 6.07) is 0. The Morgan fingerprint density at radius 3 is 2.00 bits per heavy atom. The van der Waals surface area contributed by atoms with Crippen LogP contribution in [0, 0.1) is 5.92 Å². The topological polar surface area (TPSA) is 74.6 Å². The number of carboxylic acids is 2. The third-order valence-electron chi connectivity index (χ3n) is 3.30. The van der Waals surface area contributed by atoms with Crippen LogP contribution < -0.4 is 29.6 Å². The quantitative estimate of drug-likeness (QED) is 0.306. The average molecular weight is 308 g/mol. The fourth-order valence-corrected chi connectivity index (χ4v) is 2.08. The standard InChI is InChI=1S/C16H28O4.Na.H/c1-2-3-4-5-6-7-8-9-10-11-12-14(16(19)20)13-15(17)18;;/h11-12,14H,2-10,13H2,1H3,(H,17,18)(H,19,20);;/q;+1;-1/b12-11+;;. The Morgan fingerprint density at radius 2 is 1.52 bits per heavy atom. The molecule has 0 fully saturated rings. The van der Waals surface area contributed by atoms with E-state index >= 15 is 0 Å². The third-order valence-corrected chi connectivity index (χ3v) is 3.30. The second-order valence-corrected chi connectivity index (χ2v) is 5.23. The van der Waals surface area contributed by atoms with E-state index in [-0.39, 0.29) is 37.4 Å². The van der Waals surface area contributed by atoms with Crippen LogP contribution in [0.4, 0.5) is 0 Å². The van der Waals surface area contributed by atoms with Gasteiger partial charge in [0.2, 0.25) is 0 Å². The van der Waals surface area contributed by atoms with E-state index in [1.165, 1.54) is 44.6 Å². The minimum Gasteiger partial charge on any atom is -1.00 e. The Bertz CT molecular complexity index is 309. The van der Waals surface area contributed by atoms with Gasteiger partial charge in [-0.2, -0.15) is 0 Å². The summed E-state index contributed by atoms with van der Waals surface area (Å²) < 4.78 is 0. The molecule has 0 heterocycles. The van der Waals surface area contributed by atoms with Gasteiger partial charge in [-0.15, -0.1) is 0 Å². The number of hydrogen-bond donors (Lipinski definition) is 2. The Labute approximate surface area is 151 Å². The van der Waals surface area contributed by atoms with Gasteiger partial charge in [0.05, 0.1) is 12.3 Å². The van der Waals surface area contributed by atoms with Crippen molar-refractivity contribution < 1.29 is 50.8 Å². The molecule has 1 unspecified atom stereocenters. The van der Waals surface area contributed by atoms with E-state index in [0.29, 0.717) is 0 Å². The predicted molar refractivity (Wildman–Crippen MR) is 80.9 cm³/mol. The first-order chi connectivity index (χ1) is 9.57. The van der Waals surface area contributed by atoms with Gasteiger partial charge >= 0.3 is 41.5 Å². The van der Waals surface area contributed by atoms with Gasteiger partial charge in [-0.1, -0.05) is 64.0 Å². The van der Waals surface area contributed by atoms with Crippen molar-refractivity contribution in [1.82, 2.24) is 0 Å². The molecule has 0 radical (unpaired) electrons. The zero-order valence-electron chi connectivity index (χ0n) is 14.5. The third kappa shape index (κ3) is 15.9. The summed E-state index contributed by atoms with van der Waals surface area (Å²) in [7, 11) is 0. The van der Waals surface area contributed by atoms with Crippen LogP contribution in [-0.2, 0) is 9.59 Å². The Hall–Kier alpha value is -0.320. The van der Waals surface area contributed by atoms with Crippen LogP contribution in [0.1, 0.15) is 72.6 Å². The molecule has 0 aromatic heterocycles. The van der Waals surface area contributed by atoms with Crippen LogP contribution in [0.25, 0.3) is 0 Å². The van der Waals surface area contributed by atoms with E-state index in [1.54, 1.807) is 6.08 Å². The van der Waals surface area contributed by atoms with Gasteiger partial charge in [-0.05, 0) is 12.8 Å². The molecule has 0 aliphatic heterocycles. The maximum atomic E-state index is 10.8. The van der Waals surface area contributed by atoms with Gasteiger partial charge in [0, 0.05) is 0 Å². The maximum absolute atomic E-state index is 10.8. The molecule has 4 nitrogen and oxygen atoms in total. The molecule has 0 aliphatic carbocycles. The smallest absolute Gasteiger partial charge is 1.00 e. The summed E-state index contributed by atoms with van der Waals surface area (Å²) >= 11 is 0. The zero-order chi connectivity index (χ0) is 15.2. The van der Waals surface area contributed by atoms with Crippen LogP contribution in [0.2, 0.25) is 0 Å². The summed E-state index contributed by atoms with van der Waals surface area (Å²) in [5.41, 5.74) is 0. The second kappa shape index (κ2) is 16.1. The molecule has 0 saturated carbocycles. The largest absolute Gasteiger partial charge is 1.00 e. The average Bonchev–Trinajstić information content (AvgIpc) is 2.39. The van der Waals surface area contributed by atoms with Crippen LogP contribution in [0.3, 0.4) is 0 Å². The van der Waals surface area contributed by atoms with Gasteiger partial charge in [-0.25, -0.2) is 0 Å². The number of carbonyl (C=O) groups is 2. The Balaban J connectivity index is -0.00000180. The number of aliphatic carboxylic acids is 2. The van der Waals surface area contributed by atoms with Crippen molar-refractivity contribution in [3.05, 3.63) is 12.2 Å². The van der Waals surface area contributed by atoms with E-state index in [9.17, 15) is 9.59 Å². The number of unbranched alkanes of at least 4 members (excludes halogenated alkanes) is 8. The summed E-state index contributed by atoms with van der Waals surface area (Å²) in [4.78, 5) is 21.3. The molecule has 0 rings (SSSR count). The molecule has 0 aromatic carbocycles. The van der Waals surface area contributed by atoms with Crippen molar-refractivity contribution in [3.63, 3.8) is 0 Å². The number of rotatable bonds is 13. The normalized spacial score (nSPS) is 12.0. The van der Waals surface area contributed by atoms with Crippen LogP contribution in [0.5, 0.6) is 0 Å². The van der Waals surface area contributed by atoms with E-state index in [1.807, 2.05) is 0 Å². The summed E-state index contributed by atoms with van der Waals surface area (Å²) in [5, 5.41) is 17.4. The van der Waals surface area contributed by atoms with Crippen molar-refractivity contribution in [3.8, 4) is 0 Å². The Morgan fingerprint density at radius 1 is 1.00 bits per heavy atom. The van der Waals surface area contributed by atoms with E-state index in [0.717, 1.165) is 19.3 Å². The summed E-state index contributed by atoms with van der Waals surface area (Å²) in [6.45, 7) is 2.21. The molecule has 21 heavy (non-hydrogen) atoms. The minimum atomic E-state index is -1.07. The van der Waals surface area contributed by atoms with E-state index in [2.05, 4.69) is 6.92 Å². The summed E-state index contributed by atoms with van der Waals surface area (Å²) in [5.74, 6) is -3.05. The molecule has 2 N–H and O–H groups in total. The molecule has 0 aromatic rings. The van der Waals surface area contributed by atoms with Gasteiger partial charge in [0.25, 0.3) is 0 Å². The molecule has 0 amide bonds. The SMILES string of the molecule is CCCCCCCCCC/C=C/C(CC(=O)O)C(=O)O.[H-].[Na+]. The molecular formula is C16H29NaO4. The molecule has 118 valence electrons. The monoisotopic (exact) mass is 308 g/mol. The minimum absolute atomic E-state index is 0. The fourth-order valence-electron chi connectivity index (χ4n) is 2.08. The van der Waals surface area contributed by atoms with Crippen molar-refractivity contribution in [1.29, 1.82) is 0 Å². The molecule has 0 saturated heterocycles. The van der Waals surface area contributed by atoms with Gasteiger partial charge in [0.15, 0.2) is 0 Å². The first-order valence-electron chi connectivity index (χ1n) is 7.69. The van der Waals surface area contributed by atoms with Crippen molar-refractivity contribution >= 4 is 11.9 Å². The van der Waals surface area contributed by atoms with Crippen LogP contribution in [0.15, 0.2) is 12.2 Å². The molecule has 0 bridgehead atoms. The van der Waals surface area contributed by atoms with Crippen molar-refractivity contribution in [2.75, 3.05) is 0 Å². The first kappa shape index (κ1) is 23.0. The van der Waals surface area contributed by atoms with Crippen LogP contribution >= 0.6 is 0 Å². The molecule has 0 spiro atoms. The molecule has 0 aliphatic rings. The second-order valence-electron chi connectivity index (χ2n) is 5.23. The molecule has 5 heteroatoms. The molecule has 1 atom stereocenters. The van der Waals surface area contributed by atoms with Gasteiger partial charge in [0.1, 0.15) is 0 Å². The van der Waals surface area contributed by atoms with Gasteiger partial charge in [-0.3, -0.25) is 9.59 Å². The van der Waals surface area contributed by atoms with Crippen molar-refractivity contribution in [2.45, 2.75) is 71.1 Å². The number of hydrogen-bond acceptors (Lipinski definition) is 2. The summed E-state index contributed by atoms with van der Waals surface area (Å²) in [6.07, 6.45) is 13.7. The maximum Gasteiger partial charge on any atom is 1.00 e. The zero-order valence-corrected chi connectivity index (χ0v) is 15.5.